The van der Waals surface area contributed by atoms with Crippen molar-refractivity contribution in [2.24, 2.45) is 0 Å². The van der Waals surface area contributed by atoms with Gasteiger partial charge < -0.3 is 10.1 Å². The van der Waals surface area contributed by atoms with Gasteiger partial charge in [-0.2, -0.15) is 0 Å². The number of hydrogen-bond acceptors (Lipinski definition) is 5. The molecule has 1 amide bonds. The summed E-state index contributed by atoms with van der Waals surface area (Å²) < 4.78 is 7.01. The number of amides is 1. The summed E-state index contributed by atoms with van der Waals surface area (Å²) in [5, 5.41) is 3.71. The van der Waals surface area contributed by atoms with Crippen molar-refractivity contribution in [1.29, 1.82) is 0 Å². The van der Waals surface area contributed by atoms with Crippen LogP contribution in [0.25, 0.3) is 16.6 Å². The van der Waals surface area contributed by atoms with Gasteiger partial charge in [-0.15, -0.1) is 6.58 Å². The Bertz CT molecular complexity index is 1040. The third-order valence-corrected chi connectivity index (χ3v) is 4.87. The molecule has 28 heavy (non-hydrogen) atoms. The number of benzene rings is 2. The van der Waals surface area contributed by atoms with Crippen LogP contribution in [0.1, 0.15) is 6.92 Å². The largest absolute Gasteiger partial charge is 0.494 e. The molecule has 3 aromatic rings. The first-order valence-corrected chi connectivity index (χ1v) is 9.88. The van der Waals surface area contributed by atoms with Gasteiger partial charge >= 0.3 is 0 Å². The summed E-state index contributed by atoms with van der Waals surface area (Å²) in [6, 6.07) is 14.4. The fraction of sp³-hybridized carbons (Fsp3) is 0.190. The van der Waals surface area contributed by atoms with Gasteiger partial charge in [0, 0.05) is 6.54 Å². The van der Waals surface area contributed by atoms with E-state index in [1.165, 1.54) is 16.3 Å². The first-order chi connectivity index (χ1) is 13.6. The Balaban J connectivity index is 2.02. The van der Waals surface area contributed by atoms with E-state index in [1.54, 1.807) is 18.2 Å². The average molecular weight is 395 g/mol. The van der Waals surface area contributed by atoms with Crippen molar-refractivity contribution < 1.29 is 9.53 Å². The number of ether oxygens (including phenoxy) is 1. The zero-order chi connectivity index (χ0) is 19.9. The van der Waals surface area contributed by atoms with Gasteiger partial charge in [0.2, 0.25) is 5.91 Å². The standard InChI is InChI=1S/C21H21N3O3S/c1-3-13-22-19(25)14-28-21-23-18-8-6-5-7-17(18)20(26)24(21)15-9-11-16(12-10-15)27-4-2/h3,5-12H,1,4,13-14H2,2H3,(H,22,25). The van der Waals surface area contributed by atoms with E-state index in [9.17, 15) is 9.59 Å². The molecule has 0 fully saturated rings. The minimum Gasteiger partial charge on any atom is -0.494 e. The summed E-state index contributed by atoms with van der Waals surface area (Å²) in [4.78, 5) is 29.7. The summed E-state index contributed by atoms with van der Waals surface area (Å²) >= 11 is 1.22. The van der Waals surface area contributed by atoms with Crippen molar-refractivity contribution in [2.45, 2.75) is 12.1 Å². The number of rotatable bonds is 8. The molecule has 144 valence electrons. The normalized spacial score (nSPS) is 10.6. The summed E-state index contributed by atoms with van der Waals surface area (Å²) in [6.07, 6.45) is 1.62. The summed E-state index contributed by atoms with van der Waals surface area (Å²) in [5.74, 6) is 0.729. The van der Waals surface area contributed by atoms with Gasteiger partial charge in [0.25, 0.3) is 5.56 Å². The molecule has 7 heteroatoms. The molecule has 0 saturated carbocycles. The summed E-state index contributed by atoms with van der Waals surface area (Å²) in [6.45, 7) is 6.46. The highest BCUT2D eigenvalue weighted by molar-refractivity contribution is 7.99. The number of aromatic nitrogens is 2. The Morgan fingerprint density at radius 3 is 2.71 bits per heavy atom. The molecular weight excluding hydrogens is 374 g/mol. The number of fused-ring (bicyclic) bond motifs is 1. The summed E-state index contributed by atoms with van der Waals surface area (Å²) in [7, 11) is 0. The highest BCUT2D eigenvalue weighted by atomic mass is 32.2. The Morgan fingerprint density at radius 2 is 2.00 bits per heavy atom. The monoisotopic (exact) mass is 395 g/mol. The zero-order valence-electron chi connectivity index (χ0n) is 15.6. The number of para-hydroxylation sites is 1. The lowest BCUT2D eigenvalue weighted by Crippen LogP contribution is -2.26. The van der Waals surface area contributed by atoms with Crippen LogP contribution in [0.4, 0.5) is 0 Å². The summed E-state index contributed by atoms with van der Waals surface area (Å²) in [5.41, 5.74) is 1.09. The maximum atomic E-state index is 13.1. The Kier molecular flexibility index (Phi) is 6.49. The first kappa shape index (κ1) is 19.7. The van der Waals surface area contributed by atoms with E-state index >= 15 is 0 Å². The molecule has 0 spiro atoms. The second-order valence-electron chi connectivity index (χ2n) is 5.86. The molecular formula is C21H21N3O3S. The topological polar surface area (TPSA) is 73.2 Å². The predicted molar refractivity (Wildman–Crippen MR) is 112 cm³/mol. The molecule has 0 aliphatic carbocycles. The third kappa shape index (κ3) is 4.43. The molecule has 2 aromatic carbocycles. The van der Waals surface area contributed by atoms with Gasteiger partial charge in [-0.25, -0.2) is 4.98 Å². The van der Waals surface area contributed by atoms with Gasteiger partial charge in [0.05, 0.1) is 29.0 Å². The zero-order valence-corrected chi connectivity index (χ0v) is 16.4. The molecule has 0 aliphatic rings. The van der Waals surface area contributed by atoms with Crippen LogP contribution in [0.2, 0.25) is 0 Å². The predicted octanol–water partition coefficient (Wildman–Crippen LogP) is 3.18. The molecule has 1 heterocycles. The van der Waals surface area contributed by atoms with Crippen molar-refractivity contribution in [3.8, 4) is 11.4 Å². The molecule has 0 aliphatic heterocycles. The van der Waals surface area contributed by atoms with E-state index in [2.05, 4.69) is 16.9 Å². The van der Waals surface area contributed by atoms with E-state index in [0.717, 1.165) is 5.75 Å². The van der Waals surface area contributed by atoms with Crippen LogP contribution in [0.15, 0.2) is 71.1 Å². The minimum atomic E-state index is -0.177. The Morgan fingerprint density at radius 1 is 1.25 bits per heavy atom. The van der Waals surface area contributed by atoms with Gasteiger partial charge in [0.1, 0.15) is 5.75 Å². The SMILES string of the molecule is C=CCNC(=O)CSc1nc2ccccc2c(=O)n1-c1ccc(OCC)cc1. The maximum absolute atomic E-state index is 13.1. The smallest absolute Gasteiger partial charge is 0.266 e. The molecule has 3 rings (SSSR count). The van der Waals surface area contributed by atoms with E-state index < -0.39 is 0 Å². The van der Waals surface area contributed by atoms with E-state index in [4.69, 9.17) is 4.74 Å². The number of hydrogen-bond donors (Lipinski definition) is 1. The highest BCUT2D eigenvalue weighted by Crippen LogP contribution is 2.22. The van der Waals surface area contributed by atoms with Gasteiger partial charge in [-0.3, -0.25) is 14.2 Å². The Labute approximate surface area is 167 Å². The quantitative estimate of drug-likeness (QED) is 0.360. The van der Waals surface area contributed by atoms with Crippen LogP contribution in [0.3, 0.4) is 0 Å². The lowest BCUT2D eigenvalue weighted by molar-refractivity contribution is -0.118. The van der Waals surface area contributed by atoms with Gasteiger partial charge in [-0.05, 0) is 43.3 Å². The second kappa shape index (κ2) is 9.23. The van der Waals surface area contributed by atoms with Crippen LogP contribution in [0, 0.1) is 0 Å². The van der Waals surface area contributed by atoms with Crippen molar-refractivity contribution in [1.82, 2.24) is 14.9 Å². The van der Waals surface area contributed by atoms with Crippen molar-refractivity contribution >= 4 is 28.6 Å². The fourth-order valence-electron chi connectivity index (χ4n) is 2.66. The number of carbonyl (C=O) groups excluding carboxylic acids is 1. The minimum absolute atomic E-state index is 0.148. The third-order valence-electron chi connectivity index (χ3n) is 3.93. The lowest BCUT2D eigenvalue weighted by atomic mass is 10.2. The number of nitrogens with zero attached hydrogens (tertiary/aromatic N) is 2. The molecule has 0 bridgehead atoms. The Hall–Kier alpha value is -3.06. The molecule has 0 saturated heterocycles. The fourth-order valence-corrected chi connectivity index (χ4v) is 3.50. The highest BCUT2D eigenvalue weighted by Gasteiger charge is 2.14. The van der Waals surface area contributed by atoms with Gasteiger partial charge in [0.15, 0.2) is 5.16 Å². The van der Waals surface area contributed by atoms with E-state index in [-0.39, 0.29) is 17.2 Å². The molecule has 0 radical (unpaired) electrons. The molecule has 0 unspecified atom stereocenters. The van der Waals surface area contributed by atoms with Crippen LogP contribution in [-0.2, 0) is 4.79 Å². The van der Waals surface area contributed by atoms with E-state index in [1.807, 2.05) is 43.3 Å². The molecule has 1 N–H and O–H groups in total. The number of carbonyl (C=O) groups is 1. The van der Waals surface area contributed by atoms with Crippen LogP contribution in [0.5, 0.6) is 5.75 Å². The van der Waals surface area contributed by atoms with Crippen LogP contribution >= 0.6 is 11.8 Å². The van der Waals surface area contributed by atoms with Crippen molar-refractivity contribution in [3.05, 3.63) is 71.5 Å². The second-order valence-corrected chi connectivity index (χ2v) is 6.80. The number of thioether (sulfide) groups is 1. The molecule has 0 atom stereocenters. The first-order valence-electron chi connectivity index (χ1n) is 8.89. The van der Waals surface area contributed by atoms with Crippen molar-refractivity contribution in [3.63, 3.8) is 0 Å². The molecule has 1 aromatic heterocycles. The number of nitrogens with one attached hydrogen (secondary N) is 1. The molecule has 6 nitrogen and oxygen atoms in total. The van der Waals surface area contributed by atoms with E-state index in [0.29, 0.717) is 34.9 Å². The van der Waals surface area contributed by atoms with Crippen LogP contribution in [-0.4, -0.2) is 34.4 Å². The van der Waals surface area contributed by atoms with Crippen LogP contribution < -0.4 is 15.6 Å². The maximum Gasteiger partial charge on any atom is 0.266 e. The lowest BCUT2D eigenvalue weighted by Gasteiger charge is -2.13. The van der Waals surface area contributed by atoms with Crippen molar-refractivity contribution in [2.75, 3.05) is 18.9 Å². The van der Waals surface area contributed by atoms with Gasteiger partial charge in [-0.1, -0.05) is 30.0 Å². The average Bonchev–Trinajstić information content (AvgIpc) is 2.72.